The number of halogens is 1. The predicted octanol–water partition coefficient (Wildman–Crippen LogP) is 3.90. The number of ether oxygens (including phenoxy) is 2. The zero-order valence-electron chi connectivity index (χ0n) is 13.0. The summed E-state index contributed by atoms with van der Waals surface area (Å²) in [6, 6.07) is 13.9. The smallest absolute Gasteiger partial charge is 0.248 e. The maximum Gasteiger partial charge on any atom is 0.248 e. The molecule has 2 aromatic rings. The second kappa shape index (κ2) is 8.61. The maximum absolute atomic E-state index is 11.9. The summed E-state index contributed by atoms with van der Waals surface area (Å²) in [6.45, 7) is -0.0605. The molecule has 6 heteroatoms. The third-order valence-electron chi connectivity index (χ3n) is 3.02. The molecule has 1 N–H and O–H groups in total. The van der Waals surface area contributed by atoms with E-state index in [1.54, 1.807) is 48.5 Å². The van der Waals surface area contributed by atoms with Crippen LogP contribution in [-0.2, 0) is 4.79 Å². The molecule has 2 rings (SSSR count). The van der Waals surface area contributed by atoms with Gasteiger partial charge in [-0.05, 0) is 48.0 Å². The Bertz CT molecular complexity index is 780. The molecule has 0 saturated carbocycles. The zero-order valence-corrected chi connectivity index (χ0v) is 13.7. The fraction of sp³-hybridized carbons (Fsp3) is 0.111. The molecule has 0 bridgehead atoms. The van der Waals surface area contributed by atoms with Gasteiger partial charge in [0.25, 0.3) is 0 Å². The molecular formula is C18H15ClN2O3. The van der Waals surface area contributed by atoms with E-state index in [0.717, 1.165) is 5.56 Å². The molecule has 0 heterocycles. The predicted molar refractivity (Wildman–Crippen MR) is 93.2 cm³/mol. The minimum absolute atomic E-state index is 0.0605. The van der Waals surface area contributed by atoms with Gasteiger partial charge in [0.05, 0.1) is 7.11 Å². The van der Waals surface area contributed by atoms with Crippen molar-refractivity contribution in [2.24, 2.45) is 0 Å². The van der Waals surface area contributed by atoms with Crippen molar-refractivity contribution in [1.82, 2.24) is 0 Å². The fourth-order valence-electron chi connectivity index (χ4n) is 1.91. The second-order valence-electron chi connectivity index (χ2n) is 4.69. The summed E-state index contributed by atoms with van der Waals surface area (Å²) >= 11 is 5.80. The molecule has 0 aliphatic heterocycles. The summed E-state index contributed by atoms with van der Waals surface area (Å²) in [4.78, 5) is 11.9. The lowest BCUT2D eigenvalue weighted by Crippen LogP contribution is -2.07. The Morgan fingerprint density at radius 1 is 1.25 bits per heavy atom. The van der Waals surface area contributed by atoms with Gasteiger partial charge in [-0.3, -0.25) is 4.79 Å². The number of rotatable bonds is 6. The first-order chi connectivity index (χ1) is 11.6. The van der Waals surface area contributed by atoms with Crippen molar-refractivity contribution in [3.8, 4) is 17.6 Å². The average molecular weight is 343 g/mol. The van der Waals surface area contributed by atoms with Gasteiger partial charge in [-0.15, -0.1) is 0 Å². The van der Waals surface area contributed by atoms with Crippen molar-refractivity contribution < 1.29 is 14.3 Å². The van der Waals surface area contributed by atoms with Crippen molar-refractivity contribution >= 4 is 29.3 Å². The van der Waals surface area contributed by atoms with E-state index in [2.05, 4.69) is 5.32 Å². The molecule has 0 fully saturated rings. The zero-order chi connectivity index (χ0) is 17.4. The number of nitrogens with one attached hydrogen (secondary N) is 1. The summed E-state index contributed by atoms with van der Waals surface area (Å²) in [5, 5.41) is 11.9. The Morgan fingerprint density at radius 3 is 2.67 bits per heavy atom. The van der Waals surface area contributed by atoms with Gasteiger partial charge >= 0.3 is 0 Å². The molecular weight excluding hydrogens is 328 g/mol. The Hall–Kier alpha value is -2.97. The summed E-state index contributed by atoms with van der Waals surface area (Å²) in [7, 11) is 1.51. The number of anilines is 1. The lowest BCUT2D eigenvalue weighted by atomic mass is 10.2. The molecule has 0 saturated heterocycles. The maximum atomic E-state index is 11.9. The molecule has 1 amide bonds. The summed E-state index contributed by atoms with van der Waals surface area (Å²) in [5.74, 6) is 0.702. The summed E-state index contributed by atoms with van der Waals surface area (Å²) in [6.07, 6.45) is 3.07. The number of nitriles is 1. The lowest BCUT2D eigenvalue weighted by molar-refractivity contribution is -0.111. The molecule has 2 aromatic carbocycles. The normalized spacial score (nSPS) is 10.2. The number of nitrogens with zero attached hydrogens (tertiary/aromatic N) is 1. The molecule has 0 radical (unpaired) electrons. The van der Waals surface area contributed by atoms with E-state index >= 15 is 0 Å². The fourth-order valence-corrected chi connectivity index (χ4v) is 2.03. The van der Waals surface area contributed by atoms with Crippen LogP contribution in [0.4, 0.5) is 5.69 Å². The van der Waals surface area contributed by atoms with Crippen LogP contribution in [0.5, 0.6) is 11.5 Å². The molecule has 0 aliphatic rings. The van der Waals surface area contributed by atoms with Crippen molar-refractivity contribution in [3.63, 3.8) is 0 Å². The third-order valence-corrected chi connectivity index (χ3v) is 3.27. The number of methoxy groups -OCH3 is 1. The lowest BCUT2D eigenvalue weighted by Gasteiger charge is -2.08. The molecule has 122 valence electrons. The summed E-state index contributed by atoms with van der Waals surface area (Å²) in [5.41, 5.74) is 1.43. The van der Waals surface area contributed by atoms with Crippen LogP contribution in [0.15, 0.2) is 48.5 Å². The quantitative estimate of drug-likeness (QED) is 0.808. The number of amides is 1. The van der Waals surface area contributed by atoms with Crippen LogP contribution in [0, 0.1) is 11.3 Å². The van der Waals surface area contributed by atoms with Crippen LogP contribution >= 0.6 is 11.6 Å². The largest absolute Gasteiger partial charge is 0.493 e. The van der Waals surface area contributed by atoms with Crippen LogP contribution in [0.2, 0.25) is 5.02 Å². The highest BCUT2D eigenvalue weighted by atomic mass is 35.5. The summed E-state index contributed by atoms with van der Waals surface area (Å²) < 4.78 is 10.5. The number of hydrogen-bond acceptors (Lipinski definition) is 4. The minimum atomic E-state index is -0.263. The van der Waals surface area contributed by atoms with Crippen molar-refractivity contribution in [1.29, 1.82) is 5.26 Å². The number of benzene rings is 2. The van der Waals surface area contributed by atoms with E-state index in [1.807, 2.05) is 6.07 Å². The Kier molecular flexibility index (Phi) is 6.23. The number of carbonyl (C=O) groups excluding carboxylic acids is 1. The van der Waals surface area contributed by atoms with Crippen LogP contribution in [0.1, 0.15) is 5.56 Å². The Morgan fingerprint density at radius 2 is 2.00 bits per heavy atom. The van der Waals surface area contributed by atoms with Crippen LogP contribution < -0.4 is 14.8 Å². The monoisotopic (exact) mass is 342 g/mol. The van der Waals surface area contributed by atoms with Crippen LogP contribution in [0.25, 0.3) is 6.08 Å². The SMILES string of the molecule is COc1cc(C=CC(=O)Nc2ccc(Cl)cc2)ccc1OCC#N. The third kappa shape index (κ3) is 5.04. The molecule has 24 heavy (non-hydrogen) atoms. The van der Waals surface area contributed by atoms with E-state index in [1.165, 1.54) is 13.2 Å². The number of hydrogen-bond donors (Lipinski definition) is 1. The second-order valence-corrected chi connectivity index (χ2v) is 5.12. The first-order valence-electron chi connectivity index (χ1n) is 7.05. The molecule has 0 spiro atoms. The van der Waals surface area contributed by atoms with E-state index in [-0.39, 0.29) is 12.5 Å². The first kappa shape index (κ1) is 17.4. The Balaban J connectivity index is 2.03. The van der Waals surface area contributed by atoms with Crippen molar-refractivity contribution in [3.05, 3.63) is 59.1 Å². The molecule has 0 unspecified atom stereocenters. The van der Waals surface area contributed by atoms with Gasteiger partial charge in [-0.1, -0.05) is 17.7 Å². The van der Waals surface area contributed by atoms with E-state index < -0.39 is 0 Å². The standard InChI is InChI=1S/C18H15ClN2O3/c1-23-17-12-13(2-8-16(17)24-11-10-20)3-9-18(22)21-15-6-4-14(19)5-7-15/h2-9,12H,11H2,1H3,(H,21,22). The first-order valence-corrected chi connectivity index (χ1v) is 7.42. The van der Waals surface area contributed by atoms with E-state index in [4.69, 9.17) is 26.3 Å². The molecule has 0 aromatic heterocycles. The molecule has 5 nitrogen and oxygen atoms in total. The number of carbonyl (C=O) groups is 1. The minimum Gasteiger partial charge on any atom is -0.493 e. The highest BCUT2D eigenvalue weighted by Gasteiger charge is 2.05. The van der Waals surface area contributed by atoms with Gasteiger partial charge in [0, 0.05) is 16.8 Å². The van der Waals surface area contributed by atoms with Gasteiger partial charge in [0.15, 0.2) is 18.1 Å². The highest BCUT2D eigenvalue weighted by Crippen LogP contribution is 2.28. The van der Waals surface area contributed by atoms with Gasteiger partial charge in [-0.2, -0.15) is 5.26 Å². The van der Waals surface area contributed by atoms with Crippen LogP contribution in [0.3, 0.4) is 0 Å². The van der Waals surface area contributed by atoms with Gasteiger partial charge in [-0.25, -0.2) is 0 Å². The van der Waals surface area contributed by atoms with Gasteiger partial charge in [0.2, 0.25) is 5.91 Å². The average Bonchev–Trinajstić information content (AvgIpc) is 2.60. The topological polar surface area (TPSA) is 71.3 Å². The van der Waals surface area contributed by atoms with Crippen molar-refractivity contribution in [2.45, 2.75) is 0 Å². The van der Waals surface area contributed by atoms with Gasteiger partial charge in [0.1, 0.15) is 6.07 Å². The van der Waals surface area contributed by atoms with E-state index in [0.29, 0.717) is 22.2 Å². The molecule has 0 atom stereocenters. The molecule has 0 aliphatic carbocycles. The van der Waals surface area contributed by atoms with Gasteiger partial charge < -0.3 is 14.8 Å². The van der Waals surface area contributed by atoms with Crippen LogP contribution in [-0.4, -0.2) is 19.6 Å². The Labute approximate surface area is 145 Å². The van der Waals surface area contributed by atoms with Crippen molar-refractivity contribution in [2.75, 3.05) is 19.0 Å². The highest BCUT2D eigenvalue weighted by molar-refractivity contribution is 6.30. The van der Waals surface area contributed by atoms with E-state index in [9.17, 15) is 4.79 Å².